The van der Waals surface area contributed by atoms with E-state index in [9.17, 15) is 20.2 Å². The van der Waals surface area contributed by atoms with Crippen molar-refractivity contribution in [1.82, 2.24) is 0 Å². The quantitative estimate of drug-likeness (QED) is 0.639. The summed E-state index contributed by atoms with van der Waals surface area (Å²) in [5.41, 5.74) is 0.983. The number of nitrogens with one attached hydrogen (secondary N) is 1. The summed E-state index contributed by atoms with van der Waals surface area (Å²) in [6.45, 7) is -0.0241. The molecule has 0 spiro atoms. The number of carbonyl (C=O) groups excluding carboxylic acids is 1. The minimum absolute atomic E-state index is 0.0241. The molecule has 0 radical (unpaired) electrons. The molecule has 2 rings (SSSR count). The summed E-state index contributed by atoms with van der Waals surface area (Å²) < 4.78 is 5.09. The Morgan fingerprint density at radius 2 is 2.12 bits per heavy atom. The summed E-state index contributed by atoms with van der Waals surface area (Å²) in [5.74, 6) is 0.325. The predicted molar refractivity (Wildman–Crippen MR) is 92.7 cm³/mol. The third-order valence-electron chi connectivity index (χ3n) is 3.46. The largest absolute Gasteiger partial charge is 0.497 e. The van der Waals surface area contributed by atoms with Gasteiger partial charge in [0.15, 0.2) is 0 Å². The molecule has 0 aliphatic rings. The SMILES string of the molecule is COc1cccc(NC(=O)CN(C)c2ccc([N+](=O)[O-])cc2C#N)c1. The van der Waals surface area contributed by atoms with Gasteiger partial charge in [0.05, 0.1) is 29.8 Å². The van der Waals surface area contributed by atoms with E-state index in [2.05, 4.69) is 5.32 Å². The second kappa shape index (κ2) is 7.79. The van der Waals surface area contributed by atoms with Gasteiger partial charge in [0.25, 0.3) is 5.69 Å². The molecule has 2 aromatic carbocycles. The van der Waals surface area contributed by atoms with Gasteiger partial charge in [-0.25, -0.2) is 0 Å². The van der Waals surface area contributed by atoms with Crippen LogP contribution in [0.1, 0.15) is 5.56 Å². The number of anilines is 2. The number of carbonyl (C=O) groups is 1. The van der Waals surface area contributed by atoms with Gasteiger partial charge in [0.1, 0.15) is 11.8 Å². The standard InChI is InChI=1S/C17H16N4O4/c1-20(16-7-6-14(21(23)24)8-12(16)10-18)11-17(22)19-13-4-3-5-15(9-13)25-2/h3-9H,11H2,1-2H3,(H,19,22). The van der Waals surface area contributed by atoms with Gasteiger partial charge in [-0.3, -0.25) is 14.9 Å². The van der Waals surface area contributed by atoms with Crippen LogP contribution in [0, 0.1) is 21.4 Å². The lowest BCUT2D eigenvalue weighted by Crippen LogP contribution is -2.30. The summed E-state index contributed by atoms with van der Waals surface area (Å²) in [7, 11) is 3.17. The number of nitrogens with zero attached hydrogens (tertiary/aromatic N) is 3. The van der Waals surface area contributed by atoms with Crippen LogP contribution in [0.15, 0.2) is 42.5 Å². The van der Waals surface area contributed by atoms with E-state index in [0.717, 1.165) is 0 Å². The smallest absolute Gasteiger partial charge is 0.270 e. The maximum Gasteiger partial charge on any atom is 0.270 e. The molecule has 0 unspecified atom stereocenters. The number of amides is 1. The van der Waals surface area contributed by atoms with Gasteiger partial charge in [-0.05, 0) is 18.2 Å². The average Bonchev–Trinajstić information content (AvgIpc) is 2.60. The zero-order valence-corrected chi connectivity index (χ0v) is 13.7. The highest BCUT2D eigenvalue weighted by atomic mass is 16.6. The van der Waals surface area contributed by atoms with Crippen molar-refractivity contribution in [2.45, 2.75) is 0 Å². The first kappa shape index (κ1) is 17.7. The summed E-state index contributed by atoms with van der Waals surface area (Å²) >= 11 is 0. The van der Waals surface area contributed by atoms with Crippen molar-refractivity contribution in [3.05, 3.63) is 58.1 Å². The highest BCUT2D eigenvalue weighted by Crippen LogP contribution is 2.24. The van der Waals surface area contributed by atoms with Crippen LogP contribution in [0.4, 0.5) is 17.1 Å². The molecule has 25 heavy (non-hydrogen) atoms. The van der Waals surface area contributed by atoms with Crippen LogP contribution in [0.5, 0.6) is 5.75 Å². The molecule has 8 heteroatoms. The summed E-state index contributed by atoms with van der Waals surface area (Å²) in [6, 6.07) is 12.8. The van der Waals surface area contributed by atoms with E-state index < -0.39 is 4.92 Å². The fraction of sp³-hybridized carbons (Fsp3) is 0.176. The first-order valence-electron chi connectivity index (χ1n) is 7.28. The van der Waals surface area contributed by atoms with Crippen molar-refractivity contribution in [2.24, 2.45) is 0 Å². The molecule has 0 aromatic heterocycles. The van der Waals surface area contributed by atoms with Crippen molar-refractivity contribution < 1.29 is 14.5 Å². The van der Waals surface area contributed by atoms with Gasteiger partial charge in [-0.15, -0.1) is 0 Å². The van der Waals surface area contributed by atoms with E-state index in [1.165, 1.54) is 25.3 Å². The Morgan fingerprint density at radius 1 is 1.36 bits per heavy atom. The summed E-state index contributed by atoms with van der Waals surface area (Å²) in [4.78, 5) is 24.0. The minimum Gasteiger partial charge on any atom is -0.497 e. The van der Waals surface area contributed by atoms with E-state index in [1.54, 1.807) is 36.2 Å². The molecular weight excluding hydrogens is 324 g/mol. The second-order valence-corrected chi connectivity index (χ2v) is 5.21. The van der Waals surface area contributed by atoms with Crippen LogP contribution in [-0.4, -0.2) is 31.5 Å². The summed E-state index contributed by atoms with van der Waals surface area (Å²) in [5, 5.41) is 22.7. The highest BCUT2D eigenvalue weighted by Gasteiger charge is 2.15. The Kier molecular flexibility index (Phi) is 5.53. The van der Waals surface area contributed by atoms with E-state index in [1.807, 2.05) is 6.07 Å². The predicted octanol–water partition coefficient (Wildman–Crippen LogP) is 2.55. The van der Waals surface area contributed by atoms with Gasteiger partial charge in [0.2, 0.25) is 5.91 Å². The molecule has 0 bridgehead atoms. The fourth-order valence-corrected chi connectivity index (χ4v) is 2.26. The van der Waals surface area contributed by atoms with Crippen molar-refractivity contribution in [1.29, 1.82) is 5.26 Å². The molecule has 0 heterocycles. The lowest BCUT2D eigenvalue weighted by molar-refractivity contribution is -0.384. The van der Waals surface area contributed by atoms with Gasteiger partial charge < -0.3 is 15.0 Å². The van der Waals surface area contributed by atoms with Crippen LogP contribution in [0.3, 0.4) is 0 Å². The molecule has 0 saturated heterocycles. The molecule has 128 valence electrons. The van der Waals surface area contributed by atoms with Crippen molar-refractivity contribution >= 4 is 23.0 Å². The van der Waals surface area contributed by atoms with Crippen molar-refractivity contribution in [2.75, 3.05) is 30.9 Å². The highest BCUT2D eigenvalue weighted by molar-refractivity contribution is 5.94. The van der Waals surface area contributed by atoms with Crippen LogP contribution < -0.4 is 15.0 Å². The Morgan fingerprint density at radius 3 is 2.76 bits per heavy atom. The second-order valence-electron chi connectivity index (χ2n) is 5.21. The zero-order valence-electron chi connectivity index (χ0n) is 13.7. The summed E-state index contributed by atoms with van der Waals surface area (Å²) in [6.07, 6.45) is 0. The molecule has 1 amide bonds. The lowest BCUT2D eigenvalue weighted by Gasteiger charge is -2.20. The van der Waals surface area contributed by atoms with Gasteiger partial charge in [0, 0.05) is 30.9 Å². The van der Waals surface area contributed by atoms with E-state index in [4.69, 9.17) is 4.74 Å². The minimum atomic E-state index is -0.569. The number of rotatable bonds is 6. The number of nitro benzene ring substituents is 1. The molecule has 2 aromatic rings. The molecule has 8 nitrogen and oxygen atoms in total. The number of non-ortho nitro benzene ring substituents is 1. The first-order valence-corrected chi connectivity index (χ1v) is 7.28. The normalized spacial score (nSPS) is 9.80. The number of nitro groups is 1. The molecule has 0 atom stereocenters. The van der Waals surface area contributed by atoms with Crippen LogP contribution in [-0.2, 0) is 4.79 Å². The fourth-order valence-electron chi connectivity index (χ4n) is 2.26. The van der Waals surface area contributed by atoms with E-state index in [0.29, 0.717) is 17.1 Å². The van der Waals surface area contributed by atoms with Gasteiger partial charge >= 0.3 is 0 Å². The number of methoxy groups -OCH3 is 1. The van der Waals surface area contributed by atoms with E-state index >= 15 is 0 Å². The van der Waals surface area contributed by atoms with Crippen LogP contribution in [0.25, 0.3) is 0 Å². The molecular formula is C17H16N4O4. The number of likely N-dealkylation sites (N-methyl/N-ethyl adjacent to an activating group) is 1. The molecule has 0 aliphatic heterocycles. The number of benzene rings is 2. The molecule has 0 saturated carbocycles. The van der Waals surface area contributed by atoms with Crippen molar-refractivity contribution in [3.8, 4) is 11.8 Å². The lowest BCUT2D eigenvalue weighted by atomic mass is 10.1. The van der Waals surface area contributed by atoms with Gasteiger partial charge in [-0.1, -0.05) is 6.07 Å². The van der Waals surface area contributed by atoms with E-state index in [-0.39, 0.29) is 23.7 Å². The average molecular weight is 340 g/mol. The van der Waals surface area contributed by atoms with Gasteiger partial charge in [-0.2, -0.15) is 5.26 Å². The number of hydrogen-bond acceptors (Lipinski definition) is 6. The molecule has 1 N–H and O–H groups in total. The maximum absolute atomic E-state index is 12.2. The zero-order chi connectivity index (χ0) is 18.4. The van der Waals surface area contributed by atoms with Crippen LogP contribution >= 0.6 is 0 Å². The topological polar surface area (TPSA) is 108 Å². The third-order valence-corrected chi connectivity index (χ3v) is 3.46. The molecule has 0 fully saturated rings. The maximum atomic E-state index is 12.2. The number of nitriles is 1. The Balaban J connectivity index is 2.10. The monoisotopic (exact) mass is 340 g/mol. The Bertz CT molecular complexity index is 845. The van der Waals surface area contributed by atoms with Crippen LogP contribution in [0.2, 0.25) is 0 Å². The first-order chi connectivity index (χ1) is 11.9. The Labute approximate surface area is 144 Å². The van der Waals surface area contributed by atoms with Crippen molar-refractivity contribution in [3.63, 3.8) is 0 Å². The number of ether oxygens (including phenoxy) is 1. The molecule has 0 aliphatic carbocycles. The third kappa shape index (κ3) is 4.45. The Hall–Kier alpha value is -3.60. The number of hydrogen-bond donors (Lipinski definition) is 1.